The summed E-state index contributed by atoms with van der Waals surface area (Å²) in [6.07, 6.45) is 0.272. The molecule has 0 radical (unpaired) electrons. The summed E-state index contributed by atoms with van der Waals surface area (Å²) in [6, 6.07) is 16.1. The molecule has 0 bridgehead atoms. The molecule has 1 amide bonds. The van der Waals surface area contributed by atoms with Crippen LogP contribution in [0.5, 0.6) is 0 Å². The Morgan fingerprint density at radius 3 is 2.57 bits per heavy atom. The molecule has 0 heterocycles. The monoisotopic (exact) mass is 305 g/mol. The third-order valence-electron chi connectivity index (χ3n) is 2.69. The van der Waals surface area contributed by atoms with Crippen LogP contribution in [-0.4, -0.2) is 11.7 Å². The topological polar surface area (TPSA) is 38.3 Å². The van der Waals surface area contributed by atoms with Crippen LogP contribution in [-0.2, 0) is 16.2 Å². The van der Waals surface area contributed by atoms with E-state index in [0.717, 1.165) is 5.56 Å². The van der Waals surface area contributed by atoms with Crippen LogP contribution in [0.25, 0.3) is 0 Å². The highest BCUT2D eigenvalue weighted by molar-refractivity contribution is 7.99. The van der Waals surface area contributed by atoms with E-state index in [1.807, 2.05) is 30.3 Å². The number of benzene rings is 2. The van der Waals surface area contributed by atoms with Crippen LogP contribution in [0.1, 0.15) is 12.0 Å². The number of carbonyl (C=O) groups is 1. The summed E-state index contributed by atoms with van der Waals surface area (Å²) in [5.41, 5.74) is 3.37. The number of hydroxylamine groups is 1. The molecule has 0 saturated carbocycles. The molecule has 0 fully saturated rings. The number of thioether (sulfide) groups is 1. The maximum atomic E-state index is 13.4. The van der Waals surface area contributed by atoms with Crippen LogP contribution in [0, 0.1) is 5.82 Å². The van der Waals surface area contributed by atoms with E-state index in [4.69, 9.17) is 4.84 Å². The van der Waals surface area contributed by atoms with E-state index in [9.17, 15) is 9.18 Å². The number of rotatable bonds is 7. The molecule has 1 N–H and O–H groups in total. The Bertz CT molecular complexity index is 577. The van der Waals surface area contributed by atoms with E-state index in [2.05, 4.69) is 5.48 Å². The van der Waals surface area contributed by atoms with Crippen LogP contribution < -0.4 is 5.48 Å². The zero-order chi connectivity index (χ0) is 14.9. The summed E-state index contributed by atoms with van der Waals surface area (Å²) in [5, 5.41) is 0. The molecule has 0 spiro atoms. The summed E-state index contributed by atoms with van der Waals surface area (Å²) in [5.74, 6) is 0.0274. The van der Waals surface area contributed by atoms with Gasteiger partial charge in [-0.1, -0.05) is 42.5 Å². The summed E-state index contributed by atoms with van der Waals surface area (Å²) >= 11 is 1.31. The fourth-order valence-corrected chi connectivity index (χ4v) is 2.53. The Balaban J connectivity index is 1.63. The number of hydrogen-bond acceptors (Lipinski definition) is 3. The van der Waals surface area contributed by atoms with E-state index < -0.39 is 0 Å². The molecule has 2 aromatic carbocycles. The van der Waals surface area contributed by atoms with Crippen molar-refractivity contribution in [3.05, 3.63) is 66.0 Å². The minimum Gasteiger partial charge on any atom is -0.273 e. The van der Waals surface area contributed by atoms with Crippen molar-refractivity contribution in [3.63, 3.8) is 0 Å². The van der Waals surface area contributed by atoms with Gasteiger partial charge < -0.3 is 0 Å². The van der Waals surface area contributed by atoms with Gasteiger partial charge in [-0.15, -0.1) is 11.8 Å². The number of amides is 1. The van der Waals surface area contributed by atoms with Crippen molar-refractivity contribution in [3.8, 4) is 0 Å². The lowest BCUT2D eigenvalue weighted by molar-refractivity contribution is -0.134. The van der Waals surface area contributed by atoms with E-state index in [1.54, 1.807) is 18.2 Å². The lowest BCUT2D eigenvalue weighted by Crippen LogP contribution is -2.23. The summed E-state index contributed by atoms with van der Waals surface area (Å²) in [6.45, 7) is 0.326. The molecule has 0 saturated heterocycles. The van der Waals surface area contributed by atoms with Gasteiger partial charge in [-0.2, -0.15) is 0 Å². The van der Waals surface area contributed by atoms with Crippen molar-refractivity contribution in [1.82, 2.24) is 5.48 Å². The lowest BCUT2D eigenvalue weighted by Gasteiger charge is -2.06. The average molecular weight is 305 g/mol. The van der Waals surface area contributed by atoms with Crippen LogP contribution in [0.3, 0.4) is 0 Å². The third-order valence-corrected chi connectivity index (χ3v) is 3.74. The van der Waals surface area contributed by atoms with Gasteiger partial charge in [0.05, 0.1) is 6.61 Å². The first kappa shape index (κ1) is 15.5. The predicted molar refractivity (Wildman–Crippen MR) is 81.1 cm³/mol. The molecule has 5 heteroatoms. The van der Waals surface area contributed by atoms with Crippen molar-refractivity contribution in [1.29, 1.82) is 0 Å². The predicted octanol–water partition coefficient (Wildman–Crippen LogP) is 3.56. The second-order valence-corrected chi connectivity index (χ2v) is 5.47. The van der Waals surface area contributed by atoms with Gasteiger partial charge in [-0.05, 0) is 17.7 Å². The van der Waals surface area contributed by atoms with Crippen molar-refractivity contribution in [2.45, 2.75) is 17.9 Å². The van der Waals surface area contributed by atoms with Gasteiger partial charge in [0, 0.05) is 17.1 Å². The molecule has 0 aliphatic carbocycles. The Kier molecular flexibility index (Phi) is 6.24. The number of hydrogen-bond donors (Lipinski definition) is 1. The maximum absolute atomic E-state index is 13.4. The number of halogens is 1. The van der Waals surface area contributed by atoms with Crippen LogP contribution >= 0.6 is 11.8 Å². The molecular formula is C16H16FNO2S. The Labute approximate surface area is 127 Å². The number of nitrogens with one attached hydrogen (secondary N) is 1. The van der Waals surface area contributed by atoms with Crippen LogP contribution in [0.4, 0.5) is 4.39 Å². The lowest BCUT2D eigenvalue weighted by atomic mass is 10.2. The molecule has 3 nitrogen and oxygen atoms in total. The van der Waals surface area contributed by atoms with E-state index in [-0.39, 0.29) is 18.1 Å². The molecule has 2 aromatic rings. The molecule has 0 aromatic heterocycles. The second-order valence-electron chi connectivity index (χ2n) is 4.33. The first-order valence-electron chi connectivity index (χ1n) is 6.57. The molecule has 21 heavy (non-hydrogen) atoms. The molecule has 0 aliphatic rings. The molecule has 110 valence electrons. The Morgan fingerprint density at radius 2 is 1.81 bits per heavy atom. The minimum absolute atomic E-state index is 0.213. The van der Waals surface area contributed by atoms with Crippen molar-refractivity contribution in [2.75, 3.05) is 5.75 Å². The third kappa shape index (κ3) is 5.57. The van der Waals surface area contributed by atoms with E-state index in [0.29, 0.717) is 17.3 Å². The second kappa shape index (κ2) is 8.44. The Morgan fingerprint density at radius 1 is 1.10 bits per heavy atom. The average Bonchev–Trinajstić information content (AvgIpc) is 2.50. The van der Waals surface area contributed by atoms with Gasteiger partial charge in [0.1, 0.15) is 5.82 Å². The van der Waals surface area contributed by atoms with Gasteiger partial charge in [0.25, 0.3) is 0 Å². The zero-order valence-corrected chi connectivity index (χ0v) is 12.2. The summed E-state index contributed by atoms with van der Waals surface area (Å²) in [4.78, 5) is 17.2. The SMILES string of the molecule is O=C(CCSc1ccccc1F)NOCc1ccccc1. The summed E-state index contributed by atoms with van der Waals surface area (Å²) in [7, 11) is 0. The van der Waals surface area contributed by atoms with Gasteiger partial charge in [0.2, 0.25) is 5.91 Å². The first-order chi connectivity index (χ1) is 10.3. The van der Waals surface area contributed by atoms with Crippen molar-refractivity contribution in [2.24, 2.45) is 0 Å². The van der Waals surface area contributed by atoms with E-state index >= 15 is 0 Å². The highest BCUT2D eigenvalue weighted by atomic mass is 32.2. The molecule has 0 atom stereocenters. The largest absolute Gasteiger partial charge is 0.273 e. The quantitative estimate of drug-likeness (QED) is 0.628. The fraction of sp³-hybridized carbons (Fsp3) is 0.188. The highest BCUT2D eigenvalue weighted by Gasteiger charge is 2.05. The van der Waals surface area contributed by atoms with Gasteiger partial charge >= 0.3 is 0 Å². The summed E-state index contributed by atoms with van der Waals surface area (Å²) < 4.78 is 13.4. The molecule has 0 aliphatic heterocycles. The zero-order valence-electron chi connectivity index (χ0n) is 11.4. The molecule has 0 unspecified atom stereocenters. The maximum Gasteiger partial charge on any atom is 0.244 e. The number of carbonyl (C=O) groups excluding carboxylic acids is 1. The van der Waals surface area contributed by atoms with Crippen molar-refractivity contribution < 1.29 is 14.0 Å². The standard InChI is InChI=1S/C16H16FNO2S/c17-14-8-4-5-9-15(14)21-11-10-16(19)18-20-12-13-6-2-1-3-7-13/h1-9H,10-12H2,(H,18,19). The van der Waals surface area contributed by atoms with Gasteiger partial charge in [0.15, 0.2) is 0 Å². The fourth-order valence-electron chi connectivity index (χ4n) is 1.64. The minimum atomic E-state index is -0.261. The van der Waals surface area contributed by atoms with Crippen LogP contribution in [0.2, 0.25) is 0 Å². The van der Waals surface area contributed by atoms with Gasteiger partial charge in [-0.3, -0.25) is 9.63 Å². The highest BCUT2D eigenvalue weighted by Crippen LogP contribution is 2.21. The molecule has 2 rings (SSSR count). The Hall–Kier alpha value is -1.85. The van der Waals surface area contributed by atoms with Crippen LogP contribution in [0.15, 0.2) is 59.5 Å². The van der Waals surface area contributed by atoms with Crippen molar-refractivity contribution >= 4 is 17.7 Å². The normalized spacial score (nSPS) is 10.3. The van der Waals surface area contributed by atoms with Gasteiger partial charge in [-0.25, -0.2) is 9.87 Å². The first-order valence-corrected chi connectivity index (χ1v) is 7.56. The smallest absolute Gasteiger partial charge is 0.244 e. The van der Waals surface area contributed by atoms with E-state index in [1.165, 1.54) is 17.8 Å². The molecular weight excluding hydrogens is 289 g/mol.